The number of hydrogen-bond acceptors (Lipinski definition) is 2. The lowest BCUT2D eigenvalue weighted by atomic mass is 10.1. The molecule has 4 nitrogen and oxygen atoms in total. The number of guanidine groups is 1. The van der Waals surface area contributed by atoms with Crippen molar-refractivity contribution in [3.63, 3.8) is 0 Å². The lowest BCUT2D eigenvalue weighted by Crippen LogP contribution is -2.44. The van der Waals surface area contributed by atoms with Crippen molar-refractivity contribution in [2.24, 2.45) is 10.9 Å². The first-order valence-electron chi connectivity index (χ1n) is 7.54. The van der Waals surface area contributed by atoms with Crippen molar-refractivity contribution in [1.29, 1.82) is 0 Å². The molecule has 0 aliphatic heterocycles. The Kier molecular flexibility index (Phi) is 5.26. The third-order valence-corrected chi connectivity index (χ3v) is 3.73. The largest absolute Gasteiger partial charge is 0.461 e. The first-order chi connectivity index (χ1) is 10.1. The fourth-order valence-corrected chi connectivity index (χ4v) is 2.04. The molecule has 0 bridgehead atoms. The molecule has 0 spiro atoms. The van der Waals surface area contributed by atoms with E-state index in [-0.39, 0.29) is 0 Å². The monoisotopic (exact) mass is 287 g/mol. The number of rotatable bonds is 5. The van der Waals surface area contributed by atoms with Crippen LogP contribution in [0.25, 0.3) is 11.0 Å². The first-order valence-corrected chi connectivity index (χ1v) is 7.54. The molecule has 1 aromatic carbocycles. The summed E-state index contributed by atoms with van der Waals surface area (Å²) in [5.74, 6) is 2.40. The standard InChI is InChI=1S/C17H25N3O/c1-12(2)13(3)20-17(18-4)19-10-9-15-11-14-7-5-6-8-16(14)21-15/h5-8,11-13H,9-10H2,1-4H3,(H2,18,19,20). The van der Waals surface area contributed by atoms with Crippen molar-refractivity contribution in [3.8, 4) is 0 Å². The van der Waals surface area contributed by atoms with E-state index in [1.54, 1.807) is 7.05 Å². The number of nitrogens with one attached hydrogen (secondary N) is 2. The van der Waals surface area contributed by atoms with Crippen molar-refractivity contribution in [2.45, 2.75) is 33.2 Å². The van der Waals surface area contributed by atoms with Crippen molar-refractivity contribution >= 4 is 16.9 Å². The maximum Gasteiger partial charge on any atom is 0.191 e. The SMILES string of the molecule is CN=C(NCCc1cc2ccccc2o1)NC(C)C(C)C. The summed E-state index contributed by atoms with van der Waals surface area (Å²) in [5.41, 5.74) is 0.948. The van der Waals surface area contributed by atoms with Crippen LogP contribution < -0.4 is 10.6 Å². The molecule has 0 amide bonds. The topological polar surface area (TPSA) is 49.6 Å². The summed E-state index contributed by atoms with van der Waals surface area (Å²) in [6.07, 6.45) is 0.839. The molecule has 1 unspecified atom stereocenters. The molecule has 0 aliphatic rings. The molecule has 114 valence electrons. The van der Waals surface area contributed by atoms with Gasteiger partial charge in [0.15, 0.2) is 5.96 Å². The average molecular weight is 287 g/mol. The third-order valence-electron chi connectivity index (χ3n) is 3.73. The highest BCUT2D eigenvalue weighted by atomic mass is 16.3. The summed E-state index contributed by atoms with van der Waals surface area (Å²) in [5, 5.41) is 7.87. The molecule has 0 saturated heterocycles. The Morgan fingerprint density at radius 2 is 2.00 bits per heavy atom. The molecule has 2 rings (SSSR count). The number of aliphatic imine (C=N–C) groups is 1. The second-order valence-electron chi connectivity index (χ2n) is 5.68. The summed E-state index contributed by atoms with van der Waals surface area (Å²) in [7, 11) is 1.80. The second kappa shape index (κ2) is 7.16. The molecule has 0 fully saturated rings. The first kappa shape index (κ1) is 15.4. The second-order valence-corrected chi connectivity index (χ2v) is 5.68. The van der Waals surface area contributed by atoms with Gasteiger partial charge in [-0.2, -0.15) is 0 Å². The minimum absolute atomic E-state index is 0.391. The number of nitrogens with zero attached hydrogens (tertiary/aromatic N) is 1. The van der Waals surface area contributed by atoms with Crippen LogP contribution in [0.3, 0.4) is 0 Å². The van der Waals surface area contributed by atoms with Crippen LogP contribution in [0, 0.1) is 5.92 Å². The van der Waals surface area contributed by atoms with Gasteiger partial charge in [-0.25, -0.2) is 0 Å². The van der Waals surface area contributed by atoms with E-state index in [4.69, 9.17) is 4.42 Å². The van der Waals surface area contributed by atoms with Crippen LogP contribution >= 0.6 is 0 Å². The van der Waals surface area contributed by atoms with Gasteiger partial charge in [-0.1, -0.05) is 32.0 Å². The number of para-hydroxylation sites is 1. The lowest BCUT2D eigenvalue weighted by molar-refractivity contribution is 0.480. The van der Waals surface area contributed by atoms with Crippen molar-refractivity contribution < 1.29 is 4.42 Å². The molecular weight excluding hydrogens is 262 g/mol. The minimum Gasteiger partial charge on any atom is -0.461 e. The van der Waals surface area contributed by atoms with E-state index < -0.39 is 0 Å². The Bertz CT molecular complexity index is 568. The molecular formula is C17H25N3O. The number of furan rings is 1. The maximum atomic E-state index is 5.80. The van der Waals surface area contributed by atoms with E-state index in [1.165, 1.54) is 0 Å². The van der Waals surface area contributed by atoms with Gasteiger partial charge in [0.2, 0.25) is 0 Å². The zero-order chi connectivity index (χ0) is 15.2. The Morgan fingerprint density at radius 1 is 1.24 bits per heavy atom. The highest BCUT2D eigenvalue weighted by Crippen LogP contribution is 2.18. The van der Waals surface area contributed by atoms with Crippen LogP contribution in [-0.4, -0.2) is 25.6 Å². The molecule has 0 radical (unpaired) electrons. The zero-order valence-electron chi connectivity index (χ0n) is 13.3. The Hall–Kier alpha value is -1.97. The molecule has 2 aromatic rings. The maximum absolute atomic E-state index is 5.80. The van der Waals surface area contributed by atoms with Crippen LogP contribution in [0.15, 0.2) is 39.7 Å². The van der Waals surface area contributed by atoms with Crippen molar-refractivity contribution in [1.82, 2.24) is 10.6 Å². The summed E-state index contributed by atoms with van der Waals surface area (Å²) in [4.78, 5) is 4.25. The number of benzene rings is 1. The highest BCUT2D eigenvalue weighted by molar-refractivity contribution is 5.80. The van der Waals surface area contributed by atoms with E-state index in [2.05, 4.69) is 48.5 Å². The molecule has 4 heteroatoms. The van der Waals surface area contributed by atoms with E-state index in [9.17, 15) is 0 Å². The molecule has 1 atom stereocenters. The van der Waals surface area contributed by atoms with Crippen molar-refractivity contribution in [2.75, 3.05) is 13.6 Å². The zero-order valence-corrected chi connectivity index (χ0v) is 13.3. The van der Waals surface area contributed by atoms with Gasteiger partial charge in [0.1, 0.15) is 11.3 Å². The van der Waals surface area contributed by atoms with Gasteiger partial charge in [0.25, 0.3) is 0 Å². The molecule has 0 saturated carbocycles. The van der Waals surface area contributed by atoms with Gasteiger partial charge in [-0.15, -0.1) is 0 Å². The molecule has 0 aliphatic carbocycles. The van der Waals surface area contributed by atoms with Gasteiger partial charge < -0.3 is 15.1 Å². The van der Waals surface area contributed by atoms with Crippen molar-refractivity contribution in [3.05, 3.63) is 36.1 Å². The summed E-state index contributed by atoms with van der Waals surface area (Å²) < 4.78 is 5.80. The van der Waals surface area contributed by atoms with E-state index in [0.29, 0.717) is 12.0 Å². The van der Waals surface area contributed by atoms with Gasteiger partial charge in [0.05, 0.1) is 0 Å². The van der Waals surface area contributed by atoms with E-state index in [1.807, 2.05) is 18.2 Å². The van der Waals surface area contributed by atoms with Crippen LogP contribution in [0.5, 0.6) is 0 Å². The van der Waals surface area contributed by atoms with Gasteiger partial charge in [0, 0.05) is 31.4 Å². The molecule has 1 aromatic heterocycles. The Balaban J connectivity index is 1.85. The molecule has 1 heterocycles. The van der Waals surface area contributed by atoms with Gasteiger partial charge in [-0.3, -0.25) is 4.99 Å². The summed E-state index contributed by atoms with van der Waals surface area (Å²) in [6.45, 7) is 7.35. The average Bonchev–Trinajstić information content (AvgIpc) is 2.88. The quantitative estimate of drug-likeness (QED) is 0.656. The van der Waals surface area contributed by atoms with Gasteiger partial charge >= 0.3 is 0 Å². The molecule has 2 N–H and O–H groups in total. The smallest absolute Gasteiger partial charge is 0.191 e. The van der Waals surface area contributed by atoms with E-state index in [0.717, 1.165) is 35.7 Å². The van der Waals surface area contributed by atoms with Crippen LogP contribution in [0.2, 0.25) is 0 Å². The highest BCUT2D eigenvalue weighted by Gasteiger charge is 2.09. The summed E-state index contributed by atoms with van der Waals surface area (Å²) >= 11 is 0. The van der Waals surface area contributed by atoms with Crippen LogP contribution in [0.4, 0.5) is 0 Å². The minimum atomic E-state index is 0.391. The Labute approximate surface area is 126 Å². The lowest BCUT2D eigenvalue weighted by Gasteiger charge is -2.20. The fraction of sp³-hybridized carbons (Fsp3) is 0.471. The van der Waals surface area contributed by atoms with Crippen LogP contribution in [-0.2, 0) is 6.42 Å². The number of fused-ring (bicyclic) bond motifs is 1. The Morgan fingerprint density at radius 3 is 2.67 bits per heavy atom. The predicted molar refractivity (Wildman–Crippen MR) is 88.7 cm³/mol. The fourth-order valence-electron chi connectivity index (χ4n) is 2.04. The predicted octanol–water partition coefficient (Wildman–Crippen LogP) is 3.18. The molecule has 21 heavy (non-hydrogen) atoms. The third kappa shape index (κ3) is 4.25. The van der Waals surface area contributed by atoms with E-state index >= 15 is 0 Å². The van der Waals surface area contributed by atoms with Gasteiger partial charge in [-0.05, 0) is 25.0 Å². The normalized spacial score (nSPS) is 13.7. The van der Waals surface area contributed by atoms with Crippen LogP contribution in [0.1, 0.15) is 26.5 Å². The number of hydrogen-bond donors (Lipinski definition) is 2. The summed E-state index contributed by atoms with van der Waals surface area (Å²) in [6, 6.07) is 10.6.